The molecule has 32 heavy (non-hydrogen) atoms. The molecule has 1 aliphatic rings. The van der Waals surface area contributed by atoms with Gasteiger partial charge in [0.25, 0.3) is 0 Å². The van der Waals surface area contributed by atoms with Crippen molar-refractivity contribution in [3.63, 3.8) is 0 Å². The summed E-state index contributed by atoms with van der Waals surface area (Å²) in [6, 6.07) is 7.69. The molecule has 7 nitrogen and oxygen atoms in total. The largest absolute Gasteiger partial charge is 0.460 e. The third-order valence-corrected chi connectivity index (χ3v) is 7.98. The van der Waals surface area contributed by atoms with E-state index in [4.69, 9.17) is 4.42 Å². The molecule has 0 aliphatic carbocycles. The van der Waals surface area contributed by atoms with Gasteiger partial charge in [-0.25, -0.2) is 8.42 Å². The number of amides is 1. The zero-order valence-corrected chi connectivity index (χ0v) is 19.8. The highest BCUT2D eigenvalue weighted by molar-refractivity contribution is 7.91. The van der Waals surface area contributed by atoms with Crippen LogP contribution in [0.25, 0.3) is 17.0 Å². The highest BCUT2D eigenvalue weighted by atomic mass is 32.2. The summed E-state index contributed by atoms with van der Waals surface area (Å²) < 4.78 is 31.5. The van der Waals surface area contributed by atoms with Crippen LogP contribution in [-0.4, -0.2) is 47.6 Å². The number of hydrogen-bond acceptors (Lipinski definition) is 5. The van der Waals surface area contributed by atoms with Crippen LogP contribution in [0.2, 0.25) is 0 Å². The van der Waals surface area contributed by atoms with Crippen molar-refractivity contribution in [1.82, 2.24) is 14.7 Å². The Bertz CT molecular complexity index is 1300. The summed E-state index contributed by atoms with van der Waals surface area (Å²) in [7, 11) is -1.23. The van der Waals surface area contributed by atoms with Crippen molar-refractivity contribution in [2.24, 2.45) is 0 Å². The van der Waals surface area contributed by atoms with Crippen molar-refractivity contribution < 1.29 is 17.6 Å². The molecule has 1 atom stereocenters. The van der Waals surface area contributed by atoms with Gasteiger partial charge in [-0.05, 0) is 32.4 Å². The number of likely N-dealkylation sites (N-methyl/N-ethyl adjacent to an activating group) is 1. The lowest BCUT2D eigenvalue weighted by Crippen LogP contribution is -2.25. The van der Waals surface area contributed by atoms with Crippen LogP contribution in [0.5, 0.6) is 0 Å². The van der Waals surface area contributed by atoms with E-state index in [0.717, 1.165) is 45.7 Å². The number of hydrogen-bond donors (Lipinski definition) is 0. The summed E-state index contributed by atoms with van der Waals surface area (Å²) in [5, 5.41) is 5.59. The van der Waals surface area contributed by atoms with Gasteiger partial charge in [-0.1, -0.05) is 25.1 Å². The van der Waals surface area contributed by atoms with E-state index in [1.807, 2.05) is 55.8 Å². The summed E-state index contributed by atoms with van der Waals surface area (Å²) in [6.07, 6.45) is 4.73. The van der Waals surface area contributed by atoms with E-state index in [-0.39, 0.29) is 23.5 Å². The molecule has 0 saturated carbocycles. The van der Waals surface area contributed by atoms with Crippen molar-refractivity contribution in [2.75, 3.05) is 18.6 Å². The molecule has 1 amide bonds. The minimum absolute atomic E-state index is 0.118. The molecule has 8 heteroatoms. The van der Waals surface area contributed by atoms with Gasteiger partial charge in [-0.3, -0.25) is 9.48 Å². The molecule has 4 rings (SSSR count). The molecule has 1 saturated heterocycles. The minimum atomic E-state index is -2.99. The lowest BCUT2D eigenvalue weighted by atomic mass is 10.1. The summed E-state index contributed by atoms with van der Waals surface area (Å²) in [4.78, 5) is 14.5. The predicted octanol–water partition coefficient (Wildman–Crippen LogP) is 3.84. The molecule has 0 N–H and O–H groups in total. The van der Waals surface area contributed by atoms with Crippen LogP contribution in [0.4, 0.5) is 0 Å². The van der Waals surface area contributed by atoms with Crippen LogP contribution in [0, 0.1) is 13.8 Å². The van der Waals surface area contributed by atoms with Crippen molar-refractivity contribution >= 4 is 32.8 Å². The van der Waals surface area contributed by atoms with Gasteiger partial charge in [-0.15, -0.1) is 0 Å². The molecular weight excluding hydrogens is 426 g/mol. The normalized spacial score (nSPS) is 18.1. The number of para-hydroxylation sites is 1. The van der Waals surface area contributed by atoms with Gasteiger partial charge in [0.15, 0.2) is 9.84 Å². The van der Waals surface area contributed by atoms with Crippen LogP contribution in [0.3, 0.4) is 0 Å². The molecule has 170 valence electrons. The number of aryl methyl sites for hydroxylation is 2. The lowest BCUT2D eigenvalue weighted by molar-refractivity contribution is -0.125. The third-order valence-electron chi connectivity index (χ3n) is 6.23. The zero-order chi connectivity index (χ0) is 23.0. The second-order valence-electron chi connectivity index (χ2n) is 8.47. The lowest BCUT2D eigenvalue weighted by Gasteiger charge is -2.16. The Morgan fingerprint density at radius 2 is 2.06 bits per heavy atom. The Balaban J connectivity index is 1.52. The fourth-order valence-corrected chi connectivity index (χ4v) is 6.10. The van der Waals surface area contributed by atoms with Gasteiger partial charge in [-0.2, -0.15) is 5.10 Å². The Morgan fingerprint density at radius 1 is 1.31 bits per heavy atom. The maximum absolute atomic E-state index is 12.9. The second kappa shape index (κ2) is 8.58. The highest BCUT2D eigenvalue weighted by Crippen LogP contribution is 2.29. The molecule has 3 aromatic rings. The zero-order valence-electron chi connectivity index (χ0n) is 19.0. The number of fused-ring (bicyclic) bond motifs is 1. The fourth-order valence-electron chi connectivity index (χ4n) is 4.41. The van der Waals surface area contributed by atoms with Crippen LogP contribution in [-0.2, 0) is 27.6 Å². The van der Waals surface area contributed by atoms with E-state index in [9.17, 15) is 13.2 Å². The molecule has 0 radical (unpaired) electrons. The fraction of sp³-hybridized carbons (Fsp3) is 0.417. The first-order valence-corrected chi connectivity index (χ1v) is 12.7. The van der Waals surface area contributed by atoms with Crippen molar-refractivity contribution in [1.29, 1.82) is 0 Å². The van der Waals surface area contributed by atoms with E-state index in [1.165, 1.54) is 0 Å². The average molecular weight is 456 g/mol. The van der Waals surface area contributed by atoms with Crippen LogP contribution in [0.15, 0.2) is 34.8 Å². The van der Waals surface area contributed by atoms with Gasteiger partial charge in [0, 0.05) is 48.3 Å². The Morgan fingerprint density at radius 3 is 2.75 bits per heavy atom. The number of carbonyl (C=O) groups is 1. The van der Waals surface area contributed by atoms with E-state index < -0.39 is 9.84 Å². The maximum atomic E-state index is 12.9. The summed E-state index contributed by atoms with van der Waals surface area (Å²) in [6.45, 7) is 6.29. The number of furan rings is 1. The van der Waals surface area contributed by atoms with Crippen molar-refractivity contribution in [3.05, 3.63) is 58.6 Å². The monoisotopic (exact) mass is 455 g/mol. The first kappa shape index (κ1) is 22.3. The van der Waals surface area contributed by atoms with Gasteiger partial charge < -0.3 is 9.32 Å². The number of carbonyl (C=O) groups excluding carboxylic acids is 1. The standard InChI is InChI=1S/C24H29N3O4S/c1-5-22-20(19-8-6-7-9-23(19)31-22)10-11-24(28)26(4)14-21-16(2)25-27(17(21)3)18-12-13-32(29,30)15-18/h6-11,18H,5,12-15H2,1-4H3. The SMILES string of the molecule is CCc1oc2ccccc2c1C=CC(=O)N(C)Cc1c(C)nn(C2CCS(=O)(=O)C2)c1C. The van der Waals surface area contributed by atoms with Crippen LogP contribution >= 0.6 is 0 Å². The third kappa shape index (κ3) is 4.24. The smallest absolute Gasteiger partial charge is 0.246 e. The number of rotatable bonds is 6. The van der Waals surface area contributed by atoms with Gasteiger partial charge in [0.2, 0.25) is 5.91 Å². The summed E-state index contributed by atoms with van der Waals surface area (Å²) >= 11 is 0. The van der Waals surface area contributed by atoms with Crippen molar-refractivity contribution in [2.45, 2.75) is 46.2 Å². The van der Waals surface area contributed by atoms with Crippen molar-refractivity contribution in [3.8, 4) is 0 Å². The Kier molecular flexibility index (Phi) is 5.99. The predicted molar refractivity (Wildman–Crippen MR) is 125 cm³/mol. The first-order chi connectivity index (χ1) is 15.2. The quantitative estimate of drug-likeness (QED) is 0.527. The molecule has 2 aromatic heterocycles. The molecule has 1 aliphatic heterocycles. The number of nitrogens with zero attached hydrogens (tertiary/aromatic N) is 3. The molecule has 0 bridgehead atoms. The topological polar surface area (TPSA) is 85.4 Å². The summed E-state index contributed by atoms with van der Waals surface area (Å²) in [5.74, 6) is 1.08. The molecule has 1 fully saturated rings. The summed E-state index contributed by atoms with van der Waals surface area (Å²) in [5.41, 5.74) is 4.46. The highest BCUT2D eigenvalue weighted by Gasteiger charge is 2.31. The number of benzene rings is 1. The van der Waals surface area contributed by atoms with E-state index in [0.29, 0.717) is 13.0 Å². The Hall–Kier alpha value is -2.87. The number of aromatic nitrogens is 2. The Labute approximate surface area is 188 Å². The van der Waals surface area contributed by atoms with Crippen LogP contribution in [0.1, 0.15) is 47.7 Å². The van der Waals surface area contributed by atoms with Gasteiger partial charge in [0.05, 0.1) is 23.2 Å². The minimum Gasteiger partial charge on any atom is -0.460 e. The van der Waals surface area contributed by atoms with Gasteiger partial charge >= 0.3 is 0 Å². The van der Waals surface area contributed by atoms with E-state index in [2.05, 4.69) is 5.10 Å². The average Bonchev–Trinajstić information content (AvgIpc) is 3.40. The molecular formula is C24H29N3O4S. The maximum Gasteiger partial charge on any atom is 0.246 e. The molecule has 1 aromatic carbocycles. The van der Waals surface area contributed by atoms with Gasteiger partial charge in [0.1, 0.15) is 11.3 Å². The van der Waals surface area contributed by atoms with E-state index in [1.54, 1.807) is 18.0 Å². The first-order valence-electron chi connectivity index (χ1n) is 10.9. The molecule has 0 spiro atoms. The molecule has 1 unspecified atom stereocenters. The van der Waals surface area contributed by atoms with E-state index >= 15 is 0 Å². The van der Waals surface area contributed by atoms with Crippen LogP contribution < -0.4 is 0 Å². The molecule has 3 heterocycles. The number of sulfone groups is 1. The second-order valence-corrected chi connectivity index (χ2v) is 10.7.